The van der Waals surface area contributed by atoms with Gasteiger partial charge in [-0.25, -0.2) is 0 Å². The molecule has 106 valence electrons. The van der Waals surface area contributed by atoms with Crippen LogP contribution in [-0.2, 0) is 19.4 Å². The van der Waals surface area contributed by atoms with Crippen molar-refractivity contribution in [3.05, 3.63) is 56.8 Å². The van der Waals surface area contributed by atoms with E-state index in [1.165, 1.54) is 42.4 Å². The third-order valence-corrected chi connectivity index (χ3v) is 5.34. The van der Waals surface area contributed by atoms with E-state index in [1.807, 2.05) is 0 Å². The molecule has 20 heavy (non-hydrogen) atoms. The summed E-state index contributed by atoms with van der Waals surface area (Å²) in [5.41, 5.74) is 7.41. The highest BCUT2D eigenvalue weighted by Gasteiger charge is 2.12. The molecule has 3 rings (SSSR count). The molecule has 0 aliphatic heterocycles. The SMILES string of the molecule is Cc1cscc1CNC(C)c1ccc2c(c1)CCCC2. The minimum Gasteiger partial charge on any atom is -0.306 e. The van der Waals surface area contributed by atoms with Gasteiger partial charge >= 0.3 is 0 Å². The molecule has 1 unspecified atom stereocenters. The lowest BCUT2D eigenvalue weighted by Crippen LogP contribution is -2.18. The second-order valence-electron chi connectivity index (χ2n) is 5.92. The van der Waals surface area contributed by atoms with Crippen LogP contribution >= 0.6 is 11.3 Å². The Morgan fingerprint density at radius 1 is 1.15 bits per heavy atom. The van der Waals surface area contributed by atoms with Crippen LogP contribution in [0, 0.1) is 6.92 Å². The summed E-state index contributed by atoms with van der Waals surface area (Å²) in [7, 11) is 0. The molecule has 1 aromatic carbocycles. The summed E-state index contributed by atoms with van der Waals surface area (Å²) in [5, 5.41) is 8.13. The fraction of sp³-hybridized carbons (Fsp3) is 0.444. The van der Waals surface area contributed by atoms with E-state index in [0.29, 0.717) is 6.04 Å². The Kier molecular flexibility index (Phi) is 4.23. The summed E-state index contributed by atoms with van der Waals surface area (Å²) in [6.07, 6.45) is 5.25. The first kappa shape index (κ1) is 13.8. The maximum atomic E-state index is 3.66. The average Bonchev–Trinajstić information content (AvgIpc) is 2.89. The molecule has 0 radical (unpaired) electrons. The Labute approximate surface area is 126 Å². The van der Waals surface area contributed by atoms with Crippen molar-refractivity contribution in [2.24, 2.45) is 0 Å². The standard InChI is InChI=1S/C18H23NS/c1-13-11-20-12-18(13)10-19-14(2)16-8-7-15-5-3-4-6-17(15)9-16/h7-9,11-12,14,19H,3-6,10H2,1-2H3. The van der Waals surface area contributed by atoms with Crippen LogP contribution in [0.2, 0.25) is 0 Å². The topological polar surface area (TPSA) is 12.0 Å². The fourth-order valence-electron chi connectivity index (χ4n) is 2.97. The molecule has 1 aliphatic carbocycles. The Morgan fingerprint density at radius 2 is 1.95 bits per heavy atom. The fourth-order valence-corrected chi connectivity index (χ4v) is 3.83. The monoisotopic (exact) mass is 285 g/mol. The van der Waals surface area contributed by atoms with E-state index in [0.717, 1.165) is 6.54 Å². The Bertz CT molecular complexity index is 585. The lowest BCUT2D eigenvalue weighted by atomic mass is 9.89. The summed E-state index contributed by atoms with van der Waals surface area (Å²) >= 11 is 1.79. The van der Waals surface area contributed by atoms with E-state index in [4.69, 9.17) is 0 Å². The van der Waals surface area contributed by atoms with Crippen molar-refractivity contribution in [1.82, 2.24) is 5.32 Å². The Balaban J connectivity index is 1.67. The smallest absolute Gasteiger partial charge is 0.0295 e. The van der Waals surface area contributed by atoms with Crippen molar-refractivity contribution in [3.63, 3.8) is 0 Å². The molecule has 0 amide bonds. The average molecular weight is 285 g/mol. The van der Waals surface area contributed by atoms with E-state index < -0.39 is 0 Å². The van der Waals surface area contributed by atoms with Gasteiger partial charge in [0, 0.05) is 12.6 Å². The van der Waals surface area contributed by atoms with E-state index in [-0.39, 0.29) is 0 Å². The molecule has 1 heterocycles. The molecule has 1 aliphatic rings. The molecular weight excluding hydrogens is 262 g/mol. The van der Waals surface area contributed by atoms with Gasteiger partial charge in [0.1, 0.15) is 0 Å². The number of nitrogens with one attached hydrogen (secondary N) is 1. The number of rotatable bonds is 4. The maximum Gasteiger partial charge on any atom is 0.0295 e. The first-order chi connectivity index (χ1) is 9.74. The maximum absolute atomic E-state index is 3.66. The highest BCUT2D eigenvalue weighted by atomic mass is 32.1. The number of benzene rings is 1. The molecule has 0 fully saturated rings. The van der Waals surface area contributed by atoms with Gasteiger partial charge in [-0.2, -0.15) is 11.3 Å². The molecule has 1 aromatic heterocycles. The van der Waals surface area contributed by atoms with E-state index in [2.05, 4.69) is 48.1 Å². The molecular formula is C18H23NS. The van der Waals surface area contributed by atoms with Crippen LogP contribution in [0.25, 0.3) is 0 Å². The molecule has 1 atom stereocenters. The van der Waals surface area contributed by atoms with Crippen LogP contribution < -0.4 is 5.32 Å². The van der Waals surface area contributed by atoms with Crippen LogP contribution in [0.1, 0.15) is 53.6 Å². The minimum absolute atomic E-state index is 0.418. The van der Waals surface area contributed by atoms with Gasteiger partial charge < -0.3 is 5.32 Å². The lowest BCUT2D eigenvalue weighted by Gasteiger charge is -2.20. The summed E-state index contributed by atoms with van der Waals surface area (Å²) in [6.45, 7) is 5.43. The number of thiophene rings is 1. The van der Waals surface area contributed by atoms with Gasteiger partial charge in [-0.15, -0.1) is 0 Å². The van der Waals surface area contributed by atoms with Gasteiger partial charge in [-0.1, -0.05) is 18.2 Å². The molecule has 1 nitrogen and oxygen atoms in total. The van der Waals surface area contributed by atoms with Gasteiger partial charge in [0.2, 0.25) is 0 Å². The highest BCUT2D eigenvalue weighted by Crippen LogP contribution is 2.25. The van der Waals surface area contributed by atoms with Crippen molar-refractivity contribution < 1.29 is 0 Å². The van der Waals surface area contributed by atoms with Gasteiger partial charge in [-0.05, 0) is 78.1 Å². The van der Waals surface area contributed by atoms with Crippen molar-refractivity contribution in [2.45, 2.75) is 52.1 Å². The van der Waals surface area contributed by atoms with E-state index in [9.17, 15) is 0 Å². The van der Waals surface area contributed by atoms with Gasteiger partial charge in [0.05, 0.1) is 0 Å². The second-order valence-corrected chi connectivity index (χ2v) is 6.66. The van der Waals surface area contributed by atoms with Gasteiger partial charge in [0.25, 0.3) is 0 Å². The van der Waals surface area contributed by atoms with Crippen LogP contribution in [0.5, 0.6) is 0 Å². The zero-order chi connectivity index (χ0) is 13.9. The second kappa shape index (κ2) is 6.11. The van der Waals surface area contributed by atoms with Crippen LogP contribution in [0.3, 0.4) is 0 Å². The van der Waals surface area contributed by atoms with Crippen molar-refractivity contribution >= 4 is 11.3 Å². The molecule has 2 aromatic rings. The zero-order valence-electron chi connectivity index (χ0n) is 12.4. The Hall–Kier alpha value is -1.12. The van der Waals surface area contributed by atoms with Crippen LogP contribution in [0.4, 0.5) is 0 Å². The first-order valence-corrected chi connectivity index (χ1v) is 8.55. The highest BCUT2D eigenvalue weighted by molar-refractivity contribution is 7.08. The molecule has 2 heteroatoms. The number of hydrogen-bond donors (Lipinski definition) is 1. The number of aryl methyl sites for hydroxylation is 3. The van der Waals surface area contributed by atoms with Gasteiger partial charge in [0.15, 0.2) is 0 Å². The third kappa shape index (κ3) is 2.97. The number of fused-ring (bicyclic) bond motifs is 1. The summed E-state index contributed by atoms with van der Waals surface area (Å²) in [4.78, 5) is 0. The predicted octanol–water partition coefficient (Wildman–Crippen LogP) is 4.79. The zero-order valence-corrected chi connectivity index (χ0v) is 13.2. The minimum atomic E-state index is 0.418. The summed E-state index contributed by atoms with van der Waals surface area (Å²) < 4.78 is 0. The van der Waals surface area contributed by atoms with Gasteiger partial charge in [-0.3, -0.25) is 0 Å². The third-order valence-electron chi connectivity index (χ3n) is 4.43. The summed E-state index contributed by atoms with van der Waals surface area (Å²) in [5.74, 6) is 0. The molecule has 0 bridgehead atoms. The van der Waals surface area contributed by atoms with Crippen molar-refractivity contribution in [3.8, 4) is 0 Å². The number of hydrogen-bond acceptors (Lipinski definition) is 2. The molecule has 0 saturated carbocycles. The largest absolute Gasteiger partial charge is 0.306 e. The van der Waals surface area contributed by atoms with E-state index >= 15 is 0 Å². The molecule has 0 spiro atoms. The van der Waals surface area contributed by atoms with Crippen molar-refractivity contribution in [1.29, 1.82) is 0 Å². The Morgan fingerprint density at radius 3 is 2.70 bits per heavy atom. The normalized spacial score (nSPS) is 15.9. The first-order valence-electron chi connectivity index (χ1n) is 7.61. The predicted molar refractivity (Wildman–Crippen MR) is 87.4 cm³/mol. The quantitative estimate of drug-likeness (QED) is 0.852. The lowest BCUT2D eigenvalue weighted by molar-refractivity contribution is 0.572. The van der Waals surface area contributed by atoms with Crippen molar-refractivity contribution in [2.75, 3.05) is 0 Å². The van der Waals surface area contributed by atoms with E-state index in [1.54, 1.807) is 22.5 Å². The summed E-state index contributed by atoms with van der Waals surface area (Å²) in [6, 6.07) is 7.49. The van der Waals surface area contributed by atoms with Crippen LogP contribution in [-0.4, -0.2) is 0 Å². The van der Waals surface area contributed by atoms with Crippen LogP contribution in [0.15, 0.2) is 29.0 Å². The molecule has 0 saturated heterocycles. The molecule has 1 N–H and O–H groups in total.